The lowest BCUT2D eigenvalue weighted by molar-refractivity contribution is -0.352. The highest BCUT2D eigenvalue weighted by Gasteiger charge is 2.18. The average Bonchev–Trinajstić information content (AvgIpc) is 2.06. The van der Waals surface area contributed by atoms with Gasteiger partial charge >= 0.3 is 0 Å². The molecule has 0 bridgehead atoms. The van der Waals surface area contributed by atoms with Crippen molar-refractivity contribution in [2.24, 2.45) is 0 Å². The van der Waals surface area contributed by atoms with E-state index in [4.69, 9.17) is 0 Å². The molecule has 0 radical (unpaired) electrons. The molecule has 1 saturated heterocycles. The predicted octanol–water partition coefficient (Wildman–Crippen LogP) is 0.594. The minimum Gasteiger partial charge on any atom is -0.614 e. The first kappa shape index (κ1) is 8.78. The second kappa shape index (κ2) is 4.54. The van der Waals surface area contributed by atoms with Crippen LogP contribution in [0.1, 0.15) is 19.3 Å². The Bertz CT molecular complexity index is 139. The largest absolute Gasteiger partial charge is 0.614 e. The normalized spacial score (nSPS) is 21.7. The minimum atomic E-state index is -0.157. The molecule has 0 atom stereocenters. The maximum atomic E-state index is 10.8. The lowest BCUT2D eigenvalue weighted by Crippen LogP contribution is -2.18. The Morgan fingerprint density at radius 3 is 2.55 bits per heavy atom. The average molecular weight is 174 g/mol. The van der Waals surface area contributed by atoms with Gasteiger partial charge in [0, 0.05) is 10.9 Å². The second-order valence-electron chi connectivity index (χ2n) is 2.65. The van der Waals surface area contributed by atoms with E-state index >= 15 is 0 Å². The molecule has 1 aliphatic heterocycles. The molecule has 0 aliphatic carbocycles. The number of rotatable bonds is 2. The van der Waals surface area contributed by atoms with Crippen LogP contribution in [0.15, 0.2) is 11.4 Å². The van der Waals surface area contributed by atoms with Crippen molar-refractivity contribution in [3.8, 4) is 0 Å². The molecule has 1 fully saturated rings. The Balaban J connectivity index is 2.34. The van der Waals surface area contributed by atoms with E-state index in [2.05, 4.69) is 4.74 Å². The van der Waals surface area contributed by atoms with Crippen molar-refractivity contribution < 1.29 is 9.84 Å². The molecular formula is C8H14O2S. The summed E-state index contributed by atoms with van der Waals surface area (Å²) in [7, 11) is 1.66. The Kier molecular flexibility index (Phi) is 3.63. The molecule has 1 heterocycles. The van der Waals surface area contributed by atoms with Crippen LogP contribution in [0.25, 0.3) is 0 Å². The highest BCUT2D eigenvalue weighted by atomic mass is 32.2. The van der Waals surface area contributed by atoms with Crippen molar-refractivity contribution in [1.82, 2.24) is 0 Å². The summed E-state index contributed by atoms with van der Waals surface area (Å²) in [6.07, 6.45) is 3.88. The third kappa shape index (κ3) is 3.06. The molecule has 64 valence electrons. The topological polar surface area (TPSA) is 32.3 Å². The molecule has 1 aliphatic rings. The van der Waals surface area contributed by atoms with Gasteiger partial charge in [0.15, 0.2) is 0 Å². The van der Waals surface area contributed by atoms with Crippen LogP contribution in [0.5, 0.6) is 0 Å². The fraction of sp³-hybridized carbons (Fsp3) is 0.750. The summed E-state index contributed by atoms with van der Waals surface area (Å²) < 4.78 is 4.57. The summed E-state index contributed by atoms with van der Waals surface area (Å²) in [5.74, 6) is 2.22. The molecule has 1 rings (SSSR count). The van der Waals surface area contributed by atoms with Crippen LogP contribution in [-0.2, 0) is 15.6 Å². The molecular weight excluding hydrogens is 160 g/mol. The highest BCUT2D eigenvalue weighted by molar-refractivity contribution is 7.99. The van der Waals surface area contributed by atoms with Crippen LogP contribution < -0.4 is 5.11 Å². The molecule has 0 aromatic carbocycles. The summed E-state index contributed by atoms with van der Waals surface area (Å²) in [5, 5.41) is 12.6. The van der Waals surface area contributed by atoms with Gasteiger partial charge in [-0.2, -0.15) is 0 Å². The molecule has 3 heteroatoms. The van der Waals surface area contributed by atoms with Gasteiger partial charge in [0.2, 0.25) is 0 Å². The number of hydrogen-bond acceptors (Lipinski definition) is 2. The lowest BCUT2D eigenvalue weighted by Gasteiger charge is -2.12. The Morgan fingerprint density at radius 2 is 2.00 bits per heavy atom. The van der Waals surface area contributed by atoms with Crippen LogP contribution in [0.4, 0.5) is 0 Å². The van der Waals surface area contributed by atoms with E-state index < -0.39 is 0 Å². The first-order valence-corrected chi connectivity index (χ1v) is 5.54. The van der Waals surface area contributed by atoms with Gasteiger partial charge in [-0.3, -0.25) is 0 Å². The number of ether oxygens (including phenoxy) is 1. The van der Waals surface area contributed by atoms with Crippen molar-refractivity contribution in [3.63, 3.8) is 0 Å². The zero-order valence-corrected chi connectivity index (χ0v) is 7.65. The number of methoxy groups -OCH3 is 1. The fourth-order valence-corrected chi connectivity index (χ4v) is 3.11. The molecule has 2 nitrogen and oxygen atoms in total. The van der Waals surface area contributed by atoms with Gasteiger partial charge in [0.25, 0.3) is 0 Å². The Morgan fingerprint density at radius 1 is 1.36 bits per heavy atom. The van der Waals surface area contributed by atoms with E-state index in [0.717, 1.165) is 0 Å². The zero-order valence-electron chi connectivity index (χ0n) is 6.84. The van der Waals surface area contributed by atoms with E-state index in [0.29, 0.717) is 0 Å². The van der Waals surface area contributed by atoms with E-state index in [1.165, 1.54) is 37.9 Å². The summed E-state index contributed by atoms with van der Waals surface area (Å²) >= 11 is 0. The SMILES string of the molecule is CO/C([O-])=C\[S+]1CCCCC1. The van der Waals surface area contributed by atoms with Gasteiger partial charge in [-0.1, -0.05) is 0 Å². The third-order valence-corrected chi connectivity index (χ3v) is 3.93. The predicted molar refractivity (Wildman–Crippen MR) is 46.0 cm³/mol. The van der Waals surface area contributed by atoms with Crippen LogP contribution in [0.3, 0.4) is 0 Å². The lowest BCUT2D eigenvalue weighted by atomic mass is 10.3. The Labute approximate surface area is 70.6 Å². The first-order chi connectivity index (χ1) is 5.33. The molecule has 0 N–H and O–H groups in total. The van der Waals surface area contributed by atoms with Crippen molar-refractivity contribution >= 4 is 10.9 Å². The molecule has 0 aromatic heterocycles. The highest BCUT2D eigenvalue weighted by Crippen LogP contribution is 2.15. The zero-order chi connectivity index (χ0) is 8.10. The summed E-state index contributed by atoms with van der Waals surface area (Å²) in [6.45, 7) is 0. The molecule has 11 heavy (non-hydrogen) atoms. The molecule has 0 amide bonds. The smallest absolute Gasteiger partial charge is 0.141 e. The van der Waals surface area contributed by atoms with Crippen molar-refractivity contribution in [2.45, 2.75) is 19.3 Å². The summed E-state index contributed by atoms with van der Waals surface area (Å²) in [6, 6.07) is 0. The van der Waals surface area contributed by atoms with Gasteiger partial charge in [0.05, 0.1) is 5.95 Å². The van der Waals surface area contributed by atoms with E-state index in [9.17, 15) is 5.11 Å². The van der Waals surface area contributed by atoms with Gasteiger partial charge in [-0.05, 0) is 26.4 Å². The van der Waals surface area contributed by atoms with Crippen molar-refractivity contribution in [3.05, 3.63) is 11.4 Å². The van der Waals surface area contributed by atoms with Gasteiger partial charge < -0.3 is 9.84 Å². The molecule has 0 spiro atoms. The molecule has 0 unspecified atom stereocenters. The first-order valence-electron chi connectivity index (χ1n) is 3.92. The van der Waals surface area contributed by atoms with Crippen molar-refractivity contribution in [2.75, 3.05) is 18.6 Å². The van der Waals surface area contributed by atoms with Gasteiger partial charge in [-0.15, -0.1) is 0 Å². The monoisotopic (exact) mass is 174 g/mol. The van der Waals surface area contributed by atoms with Crippen LogP contribution in [-0.4, -0.2) is 18.6 Å². The summed E-state index contributed by atoms with van der Waals surface area (Å²) in [4.78, 5) is 0. The van der Waals surface area contributed by atoms with Crippen LogP contribution in [0, 0.1) is 0 Å². The quantitative estimate of drug-likeness (QED) is 0.453. The molecule has 0 aromatic rings. The fourth-order valence-electron chi connectivity index (χ4n) is 1.16. The van der Waals surface area contributed by atoms with Gasteiger partial charge in [-0.25, -0.2) is 0 Å². The standard InChI is InChI=1S/C8H14O2S/c1-10-8(9)7-11-5-3-2-4-6-11/h7H,2-6H2,1H3/b8-7-. The van der Waals surface area contributed by atoms with E-state index in [-0.39, 0.29) is 16.8 Å². The number of hydrogen-bond donors (Lipinski definition) is 0. The van der Waals surface area contributed by atoms with E-state index in [1.807, 2.05) is 0 Å². The van der Waals surface area contributed by atoms with Gasteiger partial charge in [0.1, 0.15) is 16.9 Å². The second-order valence-corrected chi connectivity index (χ2v) is 4.77. The molecule has 0 saturated carbocycles. The maximum Gasteiger partial charge on any atom is 0.141 e. The maximum absolute atomic E-state index is 10.8. The van der Waals surface area contributed by atoms with E-state index in [1.54, 1.807) is 5.41 Å². The third-order valence-electron chi connectivity index (χ3n) is 1.78. The van der Waals surface area contributed by atoms with Crippen LogP contribution in [0.2, 0.25) is 0 Å². The van der Waals surface area contributed by atoms with Crippen LogP contribution >= 0.6 is 0 Å². The summed E-state index contributed by atoms with van der Waals surface area (Å²) in [5.41, 5.74) is 0. The Hall–Kier alpha value is -0.310. The van der Waals surface area contributed by atoms with Crippen molar-refractivity contribution in [1.29, 1.82) is 0 Å². The minimum absolute atomic E-state index is 0.157.